The molecule has 2 rings (SSSR count). The standard InChI is InChI=1S/C17H18O2/c1-2-19-17(15-11-7-4-8-12-15)16(18)13-14-9-5-3-6-10-14/h3-12,17H,2,13H2,1H3. The van der Waals surface area contributed by atoms with Crippen molar-refractivity contribution in [3.05, 3.63) is 71.8 Å². The molecule has 0 saturated heterocycles. The molecule has 2 nitrogen and oxygen atoms in total. The molecule has 1 atom stereocenters. The van der Waals surface area contributed by atoms with Gasteiger partial charge in [-0.25, -0.2) is 0 Å². The van der Waals surface area contributed by atoms with E-state index in [0.717, 1.165) is 11.1 Å². The van der Waals surface area contributed by atoms with Crippen molar-refractivity contribution in [3.8, 4) is 0 Å². The summed E-state index contributed by atoms with van der Waals surface area (Å²) in [5, 5.41) is 0. The third kappa shape index (κ3) is 3.76. The van der Waals surface area contributed by atoms with Crippen molar-refractivity contribution in [1.82, 2.24) is 0 Å². The molecule has 0 saturated carbocycles. The molecule has 98 valence electrons. The number of ketones is 1. The third-order valence-corrected chi connectivity index (χ3v) is 2.95. The van der Waals surface area contributed by atoms with Crippen LogP contribution in [0.3, 0.4) is 0 Å². The average molecular weight is 254 g/mol. The average Bonchev–Trinajstić information content (AvgIpc) is 2.46. The quantitative estimate of drug-likeness (QED) is 0.787. The lowest BCUT2D eigenvalue weighted by molar-refractivity contribution is -0.130. The van der Waals surface area contributed by atoms with Crippen LogP contribution < -0.4 is 0 Å². The van der Waals surface area contributed by atoms with Gasteiger partial charge in [-0.2, -0.15) is 0 Å². The van der Waals surface area contributed by atoms with Crippen molar-refractivity contribution in [3.63, 3.8) is 0 Å². The Morgan fingerprint density at radius 1 is 1.00 bits per heavy atom. The second kappa shape index (κ2) is 6.86. The normalized spacial score (nSPS) is 12.1. The van der Waals surface area contributed by atoms with Crippen molar-refractivity contribution in [2.45, 2.75) is 19.4 Å². The summed E-state index contributed by atoms with van der Waals surface area (Å²) in [6.45, 7) is 2.44. The Morgan fingerprint density at radius 3 is 2.16 bits per heavy atom. The van der Waals surface area contributed by atoms with Gasteiger partial charge in [0, 0.05) is 13.0 Å². The molecule has 1 unspecified atom stereocenters. The highest BCUT2D eigenvalue weighted by atomic mass is 16.5. The van der Waals surface area contributed by atoms with Gasteiger partial charge in [-0.3, -0.25) is 4.79 Å². The highest BCUT2D eigenvalue weighted by Crippen LogP contribution is 2.20. The highest BCUT2D eigenvalue weighted by molar-refractivity contribution is 5.86. The summed E-state index contributed by atoms with van der Waals surface area (Å²) < 4.78 is 5.61. The molecule has 0 radical (unpaired) electrons. The van der Waals surface area contributed by atoms with Crippen molar-refractivity contribution in [1.29, 1.82) is 0 Å². The fourth-order valence-electron chi connectivity index (χ4n) is 2.06. The lowest BCUT2D eigenvalue weighted by Gasteiger charge is -2.16. The highest BCUT2D eigenvalue weighted by Gasteiger charge is 2.20. The minimum Gasteiger partial charge on any atom is -0.366 e. The first-order valence-electron chi connectivity index (χ1n) is 6.54. The van der Waals surface area contributed by atoms with Crippen LogP contribution in [0.25, 0.3) is 0 Å². The molecule has 0 aromatic heterocycles. The van der Waals surface area contributed by atoms with Gasteiger partial charge in [0.05, 0.1) is 0 Å². The molecule has 0 N–H and O–H groups in total. The summed E-state index contributed by atoms with van der Waals surface area (Å²) in [5.74, 6) is 0.0965. The van der Waals surface area contributed by atoms with Gasteiger partial charge >= 0.3 is 0 Å². The maximum Gasteiger partial charge on any atom is 0.170 e. The summed E-state index contributed by atoms with van der Waals surface area (Å²) in [5.41, 5.74) is 1.94. The van der Waals surface area contributed by atoms with Crippen molar-refractivity contribution in [2.75, 3.05) is 6.61 Å². The molecule has 0 amide bonds. The molecular formula is C17H18O2. The van der Waals surface area contributed by atoms with E-state index < -0.39 is 6.10 Å². The van der Waals surface area contributed by atoms with Gasteiger partial charge in [0.25, 0.3) is 0 Å². The van der Waals surface area contributed by atoms with Crippen LogP contribution in [0.15, 0.2) is 60.7 Å². The molecule has 0 heterocycles. The fourth-order valence-corrected chi connectivity index (χ4v) is 2.06. The third-order valence-electron chi connectivity index (χ3n) is 2.95. The van der Waals surface area contributed by atoms with Crippen LogP contribution in [0.2, 0.25) is 0 Å². The van der Waals surface area contributed by atoms with Crippen LogP contribution in [0, 0.1) is 0 Å². The molecule has 0 bridgehead atoms. The fraction of sp³-hybridized carbons (Fsp3) is 0.235. The lowest BCUT2D eigenvalue weighted by atomic mass is 10.00. The molecular weight excluding hydrogens is 236 g/mol. The molecule has 0 aliphatic heterocycles. The monoisotopic (exact) mass is 254 g/mol. The van der Waals surface area contributed by atoms with E-state index in [9.17, 15) is 4.79 Å². The maximum absolute atomic E-state index is 12.4. The second-order valence-corrected chi connectivity index (χ2v) is 4.37. The van der Waals surface area contributed by atoms with Crippen molar-refractivity contribution in [2.24, 2.45) is 0 Å². The van der Waals surface area contributed by atoms with Crippen LogP contribution >= 0.6 is 0 Å². The van der Waals surface area contributed by atoms with Gasteiger partial charge in [-0.1, -0.05) is 60.7 Å². The van der Waals surface area contributed by atoms with Gasteiger partial charge in [-0.15, -0.1) is 0 Å². The Balaban J connectivity index is 2.13. The van der Waals surface area contributed by atoms with E-state index in [-0.39, 0.29) is 5.78 Å². The van der Waals surface area contributed by atoms with E-state index in [1.807, 2.05) is 67.6 Å². The zero-order chi connectivity index (χ0) is 13.5. The van der Waals surface area contributed by atoms with Crippen molar-refractivity contribution >= 4 is 5.78 Å². The van der Waals surface area contributed by atoms with Gasteiger partial charge < -0.3 is 4.74 Å². The van der Waals surface area contributed by atoms with Crippen LogP contribution in [0.1, 0.15) is 24.2 Å². The zero-order valence-electron chi connectivity index (χ0n) is 11.1. The second-order valence-electron chi connectivity index (χ2n) is 4.37. The first-order valence-corrected chi connectivity index (χ1v) is 6.54. The molecule has 0 aliphatic carbocycles. The Morgan fingerprint density at radius 2 is 1.58 bits per heavy atom. The first-order chi connectivity index (χ1) is 9.31. The number of hydrogen-bond donors (Lipinski definition) is 0. The summed E-state index contributed by atoms with van der Waals surface area (Å²) >= 11 is 0. The number of benzene rings is 2. The number of ether oxygens (including phenoxy) is 1. The largest absolute Gasteiger partial charge is 0.366 e. The number of rotatable bonds is 6. The number of carbonyl (C=O) groups excluding carboxylic acids is 1. The molecule has 19 heavy (non-hydrogen) atoms. The number of Topliss-reactive ketones (excluding diaryl/α,β-unsaturated/α-hetero) is 1. The van der Waals surface area contributed by atoms with E-state index in [4.69, 9.17) is 4.74 Å². The van der Waals surface area contributed by atoms with E-state index >= 15 is 0 Å². The SMILES string of the molecule is CCOC(C(=O)Cc1ccccc1)c1ccccc1. The number of carbonyl (C=O) groups is 1. The van der Waals surface area contributed by atoms with E-state index in [1.54, 1.807) is 0 Å². The molecule has 2 heteroatoms. The van der Waals surface area contributed by atoms with Gasteiger partial charge in [0.1, 0.15) is 6.10 Å². The Bertz CT molecular complexity index is 505. The molecule has 2 aromatic rings. The van der Waals surface area contributed by atoms with Gasteiger partial charge in [0.2, 0.25) is 0 Å². The Hall–Kier alpha value is -1.93. The van der Waals surface area contributed by atoms with Crippen LogP contribution in [-0.4, -0.2) is 12.4 Å². The minimum absolute atomic E-state index is 0.0965. The maximum atomic E-state index is 12.4. The minimum atomic E-state index is -0.466. The van der Waals surface area contributed by atoms with Crippen LogP contribution in [-0.2, 0) is 16.0 Å². The molecule has 2 aromatic carbocycles. The zero-order valence-corrected chi connectivity index (χ0v) is 11.1. The summed E-state index contributed by atoms with van der Waals surface area (Å²) in [4.78, 5) is 12.4. The summed E-state index contributed by atoms with van der Waals surface area (Å²) in [6, 6.07) is 19.4. The van der Waals surface area contributed by atoms with Gasteiger partial charge in [0.15, 0.2) is 5.78 Å². The predicted octanol–water partition coefficient (Wildman–Crippen LogP) is 3.58. The summed E-state index contributed by atoms with van der Waals surface area (Å²) in [6.07, 6.45) is -0.0631. The van der Waals surface area contributed by atoms with E-state index in [2.05, 4.69) is 0 Å². The summed E-state index contributed by atoms with van der Waals surface area (Å²) in [7, 11) is 0. The lowest BCUT2D eigenvalue weighted by Crippen LogP contribution is -2.18. The molecule has 0 fully saturated rings. The smallest absolute Gasteiger partial charge is 0.170 e. The Kier molecular flexibility index (Phi) is 4.87. The van der Waals surface area contributed by atoms with Crippen LogP contribution in [0.4, 0.5) is 0 Å². The molecule has 0 aliphatic rings. The Labute approximate surface area is 114 Å². The van der Waals surface area contributed by atoms with Gasteiger partial charge in [-0.05, 0) is 18.1 Å². The predicted molar refractivity (Wildman–Crippen MR) is 76.0 cm³/mol. The van der Waals surface area contributed by atoms with E-state index in [1.165, 1.54) is 0 Å². The van der Waals surface area contributed by atoms with Crippen molar-refractivity contribution < 1.29 is 9.53 Å². The van der Waals surface area contributed by atoms with Crippen LogP contribution in [0.5, 0.6) is 0 Å². The molecule has 0 spiro atoms. The topological polar surface area (TPSA) is 26.3 Å². The number of hydrogen-bond acceptors (Lipinski definition) is 2. The first kappa shape index (κ1) is 13.5. The van der Waals surface area contributed by atoms with E-state index in [0.29, 0.717) is 13.0 Å².